The van der Waals surface area contributed by atoms with E-state index in [1.54, 1.807) is 0 Å². The minimum atomic E-state index is -1.90. The lowest BCUT2D eigenvalue weighted by atomic mass is 10.2. The van der Waals surface area contributed by atoms with Crippen LogP contribution in [0, 0.1) is 0 Å². The summed E-state index contributed by atoms with van der Waals surface area (Å²) in [7, 11) is -1.90. The Balaban J connectivity index is 3.08. The maximum absolute atomic E-state index is 7.26. The van der Waals surface area contributed by atoms with E-state index in [4.69, 9.17) is 11.1 Å². The van der Waals surface area contributed by atoms with Crippen LogP contribution in [0.3, 0.4) is 0 Å². The van der Waals surface area contributed by atoms with Crippen LogP contribution in [0.5, 0.6) is 0 Å². The highest BCUT2D eigenvalue weighted by molar-refractivity contribution is 7.28. The summed E-state index contributed by atoms with van der Waals surface area (Å²) in [5.74, 6) is 0. The Morgan fingerprint density at radius 2 is 1.39 bits per heavy atom. The minimum absolute atomic E-state index is 0.646. The van der Waals surface area contributed by atoms with Crippen LogP contribution >= 0.6 is 11.1 Å². The highest BCUT2D eigenvalue weighted by Gasteiger charge is 2.43. The largest absolute Gasteiger partial charge is 0.192 e. The van der Waals surface area contributed by atoms with Gasteiger partial charge in [-0.3, -0.25) is 0 Å². The van der Waals surface area contributed by atoms with E-state index >= 15 is 0 Å². The van der Waals surface area contributed by atoms with Crippen molar-refractivity contribution in [3.8, 4) is 0 Å². The topological polar surface area (TPSA) is 0 Å². The molecule has 0 saturated carbocycles. The van der Waals surface area contributed by atoms with Gasteiger partial charge in [0.1, 0.15) is 0 Å². The summed E-state index contributed by atoms with van der Waals surface area (Å²) in [6, 6.07) is 10.9. The zero-order valence-electron chi connectivity index (χ0n) is 12.2. The third-order valence-corrected chi connectivity index (χ3v) is 11.6. The van der Waals surface area contributed by atoms with Crippen LogP contribution in [0.4, 0.5) is 0 Å². The molecular formula is C16H27ClSi. The smallest absolute Gasteiger partial charge is 0.160 e. The molecule has 0 saturated heterocycles. The molecule has 1 aromatic rings. The normalized spacial score (nSPS) is 18.1. The van der Waals surface area contributed by atoms with Gasteiger partial charge >= 0.3 is 0 Å². The first kappa shape index (κ1) is 15.8. The van der Waals surface area contributed by atoms with Crippen molar-refractivity contribution in [3.63, 3.8) is 0 Å². The first-order valence-corrected chi connectivity index (χ1v) is 10.5. The summed E-state index contributed by atoms with van der Waals surface area (Å²) in [6.45, 7) is 9.25. The lowest BCUT2D eigenvalue weighted by Gasteiger charge is -2.37. The van der Waals surface area contributed by atoms with Crippen molar-refractivity contribution in [1.82, 2.24) is 0 Å². The maximum atomic E-state index is 7.26. The Hall–Kier alpha value is -0.273. The average Bonchev–Trinajstić information content (AvgIpc) is 2.39. The second-order valence-corrected chi connectivity index (χ2v) is 11.5. The molecule has 0 radical (unpaired) electrons. The predicted molar refractivity (Wildman–Crippen MR) is 86.3 cm³/mol. The molecule has 0 amide bonds. The van der Waals surface area contributed by atoms with Crippen molar-refractivity contribution in [1.29, 1.82) is 0 Å². The summed E-state index contributed by atoms with van der Waals surface area (Å²) in [6.07, 6.45) is 4.96. The van der Waals surface area contributed by atoms with Crippen molar-refractivity contribution in [2.24, 2.45) is 0 Å². The van der Waals surface area contributed by atoms with Gasteiger partial charge in [-0.1, -0.05) is 83.7 Å². The lowest BCUT2D eigenvalue weighted by molar-refractivity contribution is 0.700. The second-order valence-electron chi connectivity index (χ2n) is 5.51. The lowest BCUT2D eigenvalue weighted by Crippen LogP contribution is -2.49. The van der Waals surface area contributed by atoms with Gasteiger partial charge in [0, 0.05) is 0 Å². The predicted octanol–water partition coefficient (Wildman–Crippen LogP) is 5.46. The summed E-state index contributed by atoms with van der Waals surface area (Å²) < 4.78 is 0. The van der Waals surface area contributed by atoms with Gasteiger partial charge in [0.15, 0.2) is 7.38 Å². The number of hydrogen-bond acceptors (Lipinski definition) is 0. The van der Waals surface area contributed by atoms with E-state index in [2.05, 4.69) is 58.0 Å². The zero-order chi connectivity index (χ0) is 13.6. The van der Waals surface area contributed by atoms with Crippen molar-refractivity contribution >= 4 is 23.6 Å². The SMILES string of the molecule is CCCC(C)[Si](Cl)(c1ccccc1)C(C)CCC. The summed E-state index contributed by atoms with van der Waals surface area (Å²) in [4.78, 5) is 0. The molecule has 0 aliphatic rings. The van der Waals surface area contributed by atoms with Gasteiger partial charge in [-0.15, -0.1) is 0 Å². The molecule has 0 fully saturated rings. The van der Waals surface area contributed by atoms with Gasteiger partial charge in [-0.2, -0.15) is 11.1 Å². The van der Waals surface area contributed by atoms with Crippen molar-refractivity contribution in [3.05, 3.63) is 30.3 Å². The fourth-order valence-electron chi connectivity index (χ4n) is 3.03. The quantitative estimate of drug-likeness (QED) is 0.460. The number of benzene rings is 1. The molecule has 0 aliphatic carbocycles. The number of halogens is 1. The molecule has 0 aliphatic heterocycles. The van der Waals surface area contributed by atoms with Crippen LogP contribution in [0.1, 0.15) is 53.4 Å². The monoisotopic (exact) mass is 282 g/mol. The molecule has 102 valence electrons. The highest BCUT2D eigenvalue weighted by atomic mass is 35.6. The van der Waals surface area contributed by atoms with Crippen LogP contribution in [0.2, 0.25) is 11.1 Å². The van der Waals surface area contributed by atoms with Crippen molar-refractivity contribution in [2.45, 2.75) is 64.5 Å². The fourth-order valence-corrected chi connectivity index (χ4v) is 8.30. The Kier molecular flexibility index (Phi) is 6.44. The Morgan fingerprint density at radius 1 is 0.944 bits per heavy atom. The van der Waals surface area contributed by atoms with Gasteiger partial charge in [0.05, 0.1) is 0 Å². The van der Waals surface area contributed by atoms with Crippen molar-refractivity contribution < 1.29 is 0 Å². The molecule has 2 atom stereocenters. The Bertz CT molecular complexity index is 324. The first-order valence-electron chi connectivity index (χ1n) is 7.31. The van der Waals surface area contributed by atoms with Crippen LogP contribution in [0.15, 0.2) is 30.3 Å². The molecule has 0 aromatic heterocycles. The number of rotatable bonds is 7. The molecule has 0 nitrogen and oxygen atoms in total. The highest BCUT2D eigenvalue weighted by Crippen LogP contribution is 2.41. The third-order valence-electron chi connectivity index (χ3n) is 4.09. The van der Waals surface area contributed by atoms with E-state index < -0.39 is 7.38 Å². The molecule has 1 rings (SSSR count). The Labute approximate surface area is 118 Å². The molecule has 1 aromatic carbocycles. The van der Waals surface area contributed by atoms with E-state index in [1.807, 2.05) is 0 Å². The third kappa shape index (κ3) is 3.39. The van der Waals surface area contributed by atoms with E-state index in [0.29, 0.717) is 11.1 Å². The molecule has 0 spiro atoms. The second kappa shape index (κ2) is 7.35. The molecule has 2 heteroatoms. The summed E-state index contributed by atoms with van der Waals surface area (Å²) in [5, 5.41) is 1.42. The average molecular weight is 283 g/mol. The first-order chi connectivity index (χ1) is 8.57. The maximum Gasteiger partial charge on any atom is 0.192 e. The van der Waals surface area contributed by atoms with Gasteiger partial charge < -0.3 is 0 Å². The molecule has 0 heterocycles. The van der Waals surface area contributed by atoms with Crippen LogP contribution in [-0.4, -0.2) is 7.38 Å². The van der Waals surface area contributed by atoms with Gasteiger partial charge in [-0.25, -0.2) is 0 Å². The number of hydrogen-bond donors (Lipinski definition) is 0. The van der Waals surface area contributed by atoms with Crippen LogP contribution < -0.4 is 5.19 Å². The molecular weight excluding hydrogens is 256 g/mol. The standard InChI is InChI=1S/C16H27ClSi/c1-5-10-14(3)18(17,15(4)11-6-2)16-12-8-7-9-13-16/h7-9,12-15H,5-6,10-11H2,1-4H3. The molecule has 0 bridgehead atoms. The Morgan fingerprint density at radius 3 is 1.78 bits per heavy atom. The van der Waals surface area contributed by atoms with Gasteiger partial charge in [0.25, 0.3) is 0 Å². The molecule has 2 unspecified atom stereocenters. The van der Waals surface area contributed by atoms with Crippen molar-refractivity contribution in [2.75, 3.05) is 0 Å². The summed E-state index contributed by atoms with van der Waals surface area (Å²) >= 11 is 7.26. The van der Waals surface area contributed by atoms with E-state index in [1.165, 1.54) is 30.9 Å². The zero-order valence-corrected chi connectivity index (χ0v) is 14.0. The van der Waals surface area contributed by atoms with Crippen LogP contribution in [-0.2, 0) is 0 Å². The minimum Gasteiger partial charge on any atom is -0.160 e. The van der Waals surface area contributed by atoms with E-state index in [0.717, 1.165) is 0 Å². The molecule has 18 heavy (non-hydrogen) atoms. The van der Waals surface area contributed by atoms with E-state index in [9.17, 15) is 0 Å². The molecule has 0 N–H and O–H groups in total. The van der Waals surface area contributed by atoms with Crippen LogP contribution in [0.25, 0.3) is 0 Å². The van der Waals surface area contributed by atoms with Gasteiger partial charge in [0.2, 0.25) is 0 Å². The summed E-state index contributed by atoms with van der Waals surface area (Å²) in [5.41, 5.74) is 1.29. The van der Waals surface area contributed by atoms with E-state index in [-0.39, 0.29) is 0 Å². The van der Waals surface area contributed by atoms with Gasteiger partial charge in [-0.05, 0) is 16.3 Å². The fraction of sp³-hybridized carbons (Fsp3) is 0.625.